The molecular weight excluding hydrogens is 332 g/mol. The molecule has 4 nitrogen and oxygen atoms in total. The van der Waals surface area contributed by atoms with E-state index < -0.39 is 0 Å². The molecule has 0 saturated carbocycles. The minimum Gasteiger partial charge on any atom is -0.461 e. The third-order valence-corrected chi connectivity index (χ3v) is 6.04. The Labute approximate surface area is 151 Å². The van der Waals surface area contributed by atoms with Crippen LogP contribution in [-0.4, -0.2) is 29.9 Å². The van der Waals surface area contributed by atoms with E-state index in [1.807, 2.05) is 42.5 Å². The van der Waals surface area contributed by atoms with Gasteiger partial charge in [0.1, 0.15) is 11.3 Å². The van der Waals surface area contributed by atoms with Crippen LogP contribution in [0.1, 0.15) is 33.5 Å². The Kier molecular flexibility index (Phi) is 4.36. The fourth-order valence-electron chi connectivity index (χ4n) is 3.55. The van der Waals surface area contributed by atoms with Gasteiger partial charge in [0, 0.05) is 35.9 Å². The summed E-state index contributed by atoms with van der Waals surface area (Å²) >= 11 is 1.85. The second kappa shape index (κ2) is 6.65. The quantitative estimate of drug-likeness (QED) is 0.771. The summed E-state index contributed by atoms with van der Waals surface area (Å²) in [5.74, 6) is 0.620. The summed E-state index contributed by atoms with van der Waals surface area (Å²) in [6.45, 7) is 6.69. The molecule has 2 aromatic heterocycles. The molecule has 0 radical (unpaired) electrons. The summed E-state index contributed by atoms with van der Waals surface area (Å²) in [4.78, 5) is 16.6. The topological polar surface area (TPSA) is 45.5 Å². The fraction of sp³-hybridized carbons (Fsp3) is 0.350. The molecule has 0 saturated heterocycles. The second-order valence-corrected chi connectivity index (χ2v) is 7.68. The molecule has 1 amide bonds. The zero-order valence-corrected chi connectivity index (χ0v) is 15.4. The lowest BCUT2D eigenvalue weighted by Gasteiger charge is -2.32. The first-order valence-electron chi connectivity index (χ1n) is 8.69. The van der Waals surface area contributed by atoms with Crippen LogP contribution in [0.2, 0.25) is 0 Å². The standard InChI is InChI=1S/C20H22N2O2S/c1-13(22-9-7-18-15(12-22)8-10-25-18)11-21-20(23)19-14(2)24-17-6-4-3-5-16(17)19/h3-6,8,10,13H,7,9,11-12H2,1-2H3,(H,21,23). The number of aryl methyl sites for hydroxylation is 1. The highest BCUT2D eigenvalue weighted by Crippen LogP contribution is 2.26. The second-order valence-electron chi connectivity index (χ2n) is 6.68. The van der Waals surface area contributed by atoms with Gasteiger partial charge >= 0.3 is 0 Å². The molecular formula is C20H22N2O2S. The van der Waals surface area contributed by atoms with E-state index in [9.17, 15) is 4.79 Å². The number of nitrogens with zero attached hydrogens (tertiary/aromatic N) is 1. The number of benzene rings is 1. The van der Waals surface area contributed by atoms with Crippen molar-refractivity contribution in [2.24, 2.45) is 0 Å². The average molecular weight is 354 g/mol. The fourth-order valence-corrected chi connectivity index (χ4v) is 4.44. The summed E-state index contributed by atoms with van der Waals surface area (Å²) in [5, 5.41) is 6.15. The first-order valence-corrected chi connectivity index (χ1v) is 9.57. The summed E-state index contributed by atoms with van der Waals surface area (Å²) in [7, 11) is 0. The molecule has 1 N–H and O–H groups in total. The zero-order valence-electron chi connectivity index (χ0n) is 14.5. The number of thiophene rings is 1. The molecule has 4 rings (SSSR count). The Morgan fingerprint density at radius 1 is 1.36 bits per heavy atom. The van der Waals surface area contributed by atoms with Gasteiger partial charge in [0.15, 0.2) is 0 Å². The number of nitrogens with one attached hydrogen (secondary N) is 1. The van der Waals surface area contributed by atoms with Gasteiger partial charge < -0.3 is 9.73 Å². The van der Waals surface area contributed by atoms with Crippen molar-refractivity contribution in [2.75, 3.05) is 13.1 Å². The smallest absolute Gasteiger partial charge is 0.255 e. The summed E-state index contributed by atoms with van der Waals surface area (Å²) in [6, 6.07) is 10.2. The van der Waals surface area contributed by atoms with Crippen molar-refractivity contribution in [3.63, 3.8) is 0 Å². The molecule has 0 bridgehead atoms. The lowest BCUT2D eigenvalue weighted by atomic mass is 10.1. The highest BCUT2D eigenvalue weighted by molar-refractivity contribution is 7.10. The van der Waals surface area contributed by atoms with E-state index in [0.29, 0.717) is 23.9 Å². The molecule has 1 atom stereocenters. The highest BCUT2D eigenvalue weighted by atomic mass is 32.1. The van der Waals surface area contributed by atoms with Crippen molar-refractivity contribution >= 4 is 28.2 Å². The van der Waals surface area contributed by atoms with E-state index in [0.717, 1.165) is 30.5 Å². The third-order valence-electron chi connectivity index (χ3n) is 5.02. The Morgan fingerprint density at radius 3 is 3.08 bits per heavy atom. The van der Waals surface area contributed by atoms with Crippen molar-refractivity contribution in [3.05, 3.63) is 57.5 Å². The van der Waals surface area contributed by atoms with Gasteiger partial charge in [0.25, 0.3) is 5.91 Å². The first-order chi connectivity index (χ1) is 12.1. The number of rotatable bonds is 4. The molecule has 0 aliphatic carbocycles. The van der Waals surface area contributed by atoms with Crippen molar-refractivity contribution < 1.29 is 9.21 Å². The molecule has 3 heterocycles. The van der Waals surface area contributed by atoms with Gasteiger partial charge in [-0.2, -0.15) is 0 Å². The van der Waals surface area contributed by atoms with Crippen LogP contribution in [0.15, 0.2) is 40.1 Å². The number of hydrogen-bond donors (Lipinski definition) is 1. The average Bonchev–Trinajstić information content (AvgIpc) is 3.21. The summed E-state index contributed by atoms with van der Waals surface area (Å²) in [6.07, 6.45) is 1.11. The number of para-hydroxylation sites is 1. The van der Waals surface area contributed by atoms with Crippen LogP contribution in [0.3, 0.4) is 0 Å². The zero-order chi connectivity index (χ0) is 17.4. The summed E-state index contributed by atoms with van der Waals surface area (Å²) < 4.78 is 5.70. The Balaban J connectivity index is 1.42. The van der Waals surface area contributed by atoms with Crippen LogP contribution in [0.25, 0.3) is 11.0 Å². The molecule has 1 aliphatic heterocycles. The van der Waals surface area contributed by atoms with E-state index in [2.05, 4.69) is 28.6 Å². The van der Waals surface area contributed by atoms with Crippen LogP contribution in [0.4, 0.5) is 0 Å². The SMILES string of the molecule is Cc1oc2ccccc2c1C(=O)NCC(C)N1CCc2sccc2C1. The van der Waals surface area contributed by atoms with Crippen LogP contribution in [0, 0.1) is 6.92 Å². The molecule has 5 heteroatoms. The van der Waals surface area contributed by atoms with Gasteiger partial charge in [-0.1, -0.05) is 18.2 Å². The van der Waals surface area contributed by atoms with Gasteiger partial charge in [0.2, 0.25) is 0 Å². The molecule has 0 fully saturated rings. The Hall–Kier alpha value is -2.11. The van der Waals surface area contributed by atoms with E-state index in [-0.39, 0.29) is 5.91 Å². The van der Waals surface area contributed by atoms with E-state index in [1.165, 1.54) is 10.4 Å². The molecule has 1 aromatic carbocycles. The maximum Gasteiger partial charge on any atom is 0.255 e. The maximum absolute atomic E-state index is 12.7. The Bertz CT molecular complexity index is 911. The van der Waals surface area contributed by atoms with Crippen molar-refractivity contribution in [2.45, 2.75) is 32.9 Å². The van der Waals surface area contributed by atoms with Crippen LogP contribution in [-0.2, 0) is 13.0 Å². The predicted octanol–water partition coefficient (Wildman–Crippen LogP) is 3.98. The van der Waals surface area contributed by atoms with E-state index in [1.54, 1.807) is 0 Å². The lowest BCUT2D eigenvalue weighted by Crippen LogP contribution is -2.44. The van der Waals surface area contributed by atoms with E-state index in [4.69, 9.17) is 4.42 Å². The highest BCUT2D eigenvalue weighted by Gasteiger charge is 2.23. The van der Waals surface area contributed by atoms with Gasteiger partial charge in [-0.3, -0.25) is 9.69 Å². The number of carbonyl (C=O) groups excluding carboxylic acids is 1. The summed E-state index contributed by atoms with van der Waals surface area (Å²) in [5.41, 5.74) is 2.85. The minimum atomic E-state index is -0.0532. The molecule has 3 aromatic rings. The Morgan fingerprint density at radius 2 is 2.20 bits per heavy atom. The minimum absolute atomic E-state index is 0.0532. The van der Waals surface area contributed by atoms with Crippen molar-refractivity contribution in [1.29, 1.82) is 0 Å². The van der Waals surface area contributed by atoms with Crippen molar-refractivity contribution in [3.8, 4) is 0 Å². The largest absolute Gasteiger partial charge is 0.461 e. The molecule has 25 heavy (non-hydrogen) atoms. The number of carbonyl (C=O) groups is 1. The van der Waals surface area contributed by atoms with Crippen LogP contribution in [0.5, 0.6) is 0 Å². The molecule has 1 unspecified atom stereocenters. The normalized spacial score (nSPS) is 15.9. The number of furan rings is 1. The maximum atomic E-state index is 12.7. The molecule has 1 aliphatic rings. The first kappa shape index (κ1) is 16.4. The van der Waals surface area contributed by atoms with Crippen LogP contribution >= 0.6 is 11.3 Å². The molecule has 0 spiro atoms. The monoisotopic (exact) mass is 354 g/mol. The van der Waals surface area contributed by atoms with Gasteiger partial charge in [0.05, 0.1) is 5.56 Å². The third kappa shape index (κ3) is 3.10. The predicted molar refractivity (Wildman–Crippen MR) is 101 cm³/mol. The van der Waals surface area contributed by atoms with Gasteiger partial charge in [-0.15, -0.1) is 11.3 Å². The van der Waals surface area contributed by atoms with Gasteiger partial charge in [-0.25, -0.2) is 0 Å². The molecule has 130 valence electrons. The lowest BCUT2D eigenvalue weighted by molar-refractivity contribution is 0.0932. The number of hydrogen-bond acceptors (Lipinski definition) is 4. The van der Waals surface area contributed by atoms with Gasteiger partial charge in [-0.05, 0) is 43.3 Å². The van der Waals surface area contributed by atoms with Crippen LogP contribution < -0.4 is 5.32 Å². The number of amides is 1. The number of fused-ring (bicyclic) bond motifs is 2. The van der Waals surface area contributed by atoms with Crippen molar-refractivity contribution in [1.82, 2.24) is 10.2 Å². The van der Waals surface area contributed by atoms with E-state index >= 15 is 0 Å².